The highest BCUT2D eigenvalue weighted by molar-refractivity contribution is 5.01. The van der Waals surface area contributed by atoms with Crippen LogP contribution in [0.25, 0.3) is 0 Å². The van der Waals surface area contributed by atoms with E-state index in [4.69, 9.17) is 14.2 Å². The number of methoxy groups -OCH3 is 2. The smallest absolute Gasteiger partial charge is 0.156 e. The molecule has 3 heteroatoms. The molecule has 0 spiro atoms. The number of hydrogen-bond acceptors (Lipinski definition) is 3. The third-order valence-electron chi connectivity index (χ3n) is 2.29. The summed E-state index contributed by atoms with van der Waals surface area (Å²) in [6.07, 6.45) is 3.06. The van der Waals surface area contributed by atoms with Crippen LogP contribution >= 0.6 is 0 Å². The van der Waals surface area contributed by atoms with Crippen molar-refractivity contribution in [3.05, 3.63) is 12.2 Å². The van der Waals surface area contributed by atoms with Crippen LogP contribution in [0.1, 0.15) is 19.3 Å². The van der Waals surface area contributed by atoms with Gasteiger partial charge in [-0.3, -0.25) is 0 Å². The van der Waals surface area contributed by atoms with Gasteiger partial charge in [0, 0.05) is 20.6 Å². The van der Waals surface area contributed by atoms with E-state index in [2.05, 4.69) is 6.58 Å². The van der Waals surface area contributed by atoms with E-state index >= 15 is 0 Å². The van der Waals surface area contributed by atoms with Crippen LogP contribution in [0.2, 0.25) is 0 Å². The predicted octanol–water partition coefficient (Wildman–Crippen LogP) is 1.73. The molecule has 0 bridgehead atoms. The van der Waals surface area contributed by atoms with Gasteiger partial charge >= 0.3 is 0 Å². The van der Waals surface area contributed by atoms with Gasteiger partial charge in [-0.1, -0.05) is 6.58 Å². The molecule has 1 atom stereocenters. The zero-order chi connectivity index (χ0) is 9.68. The molecule has 1 fully saturated rings. The summed E-state index contributed by atoms with van der Waals surface area (Å²) in [5.74, 6) is 0. The summed E-state index contributed by atoms with van der Waals surface area (Å²) in [6, 6.07) is 0. The predicted molar refractivity (Wildman–Crippen MR) is 50.5 cm³/mol. The van der Waals surface area contributed by atoms with E-state index in [1.165, 1.54) is 5.57 Å². The van der Waals surface area contributed by atoms with Gasteiger partial charge < -0.3 is 14.2 Å². The second-order valence-corrected chi connectivity index (χ2v) is 3.37. The summed E-state index contributed by atoms with van der Waals surface area (Å²) in [5, 5.41) is 0. The fraction of sp³-hybridized carbons (Fsp3) is 0.800. The van der Waals surface area contributed by atoms with Crippen molar-refractivity contribution in [1.29, 1.82) is 0 Å². The minimum atomic E-state index is -0.0996. The maximum absolute atomic E-state index is 5.49. The largest absolute Gasteiger partial charge is 0.374 e. The molecule has 1 aliphatic rings. The monoisotopic (exact) mass is 186 g/mol. The molecule has 0 aliphatic carbocycles. The molecule has 0 saturated carbocycles. The molecule has 0 aromatic carbocycles. The second-order valence-electron chi connectivity index (χ2n) is 3.37. The Hall–Kier alpha value is -0.380. The number of ether oxygens (including phenoxy) is 3. The summed E-state index contributed by atoms with van der Waals surface area (Å²) in [4.78, 5) is 0. The lowest BCUT2D eigenvalue weighted by Crippen LogP contribution is -2.16. The molecule has 76 valence electrons. The van der Waals surface area contributed by atoms with Crippen LogP contribution in [-0.4, -0.2) is 33.2 Å². The van der Waals surface area contributed by atoms with E-state index in [1.807, 2.05) is 0 Å². The molecule has 3 nitrogen and oxygen atoms in total. The van der Waals surface area contributed by atoms with Crippen LogP contribution in [-0.2, 0) is 14.2 Å². The molecule has 0 radical (unpaired) electrons. The van der Waals surface area contributed by atoms with Crippen LogP contribution in [0.4, 0.5) is 0 Å². The third kappa shape index (κ3) is 3.46. The van der Waals surface area contributed by atoms with E-state index in [0.29, 0.717) is 6.10 Å². The summed E-state index contributed by atoms with van der Waals surface area (Å²) in [5.41, 5.74) is 1.19. The van der Waals surface area contributed by atoms with E-state index in [-0.39, 0.29) is 6.29 Å². The molecule has 13 heavy (non-hydrogen) atoms. The van der Waals surface area contributed by atoms with Gasteiger partial charge in [-0.2, -0.15) is 0 Å². The normalized spacial score (nSPS) is 23.0. The highest BCUT2D eigenvalue weighted by Crippen LogP contribution is 2.21. The molecule has 1 rings (SSSR count). The Balaban J connectivity index is 2.14. The van der Waals surface area contributed by atoms with Crippen molar-refractivity contribution in [3.63, 3.8) is 0 Å². The van der Waals surface area contributed by atoms with Crippen molar-refractivity contribution >= 4 is 0 Å². The van der Waals surface area contributed by atoms with Gasteiger partial charge in [-0.15, -0.1) is 0 Å². The average Bonchev–Trinajstić information content (AvgIpc) is 2.53. The van der Waals surface area contributed by atoms with Crippen LogP contribution < -0.4 is 0 Å². The van der Waals surface area contributed by atoms with Crippen molar-refractivity contribution in [2.24, 2.45) is 0 Å². The quantitative estimate of drug-likeness (QED) is 0.483. The first-order chi connectivity index (χ1) is 6.26. The van der Waals surface area contributed by atoms with Gasteiger partial charge in [-0.25, -0.2) is 0 Å². The first-order valence-corrected chi connectivity index (χ1v) is 4.60. The van der Waals surface area contributed by atoms with E-state index in [1.54, 1.807) is 14.2 Å². The van der Waals surface area contributed by atoms with Crippen molar-refractivity contribution in [2.45, 2.75) is 31.7 Å². The van der Waals surface area contributed by atoms with Gasteiger partial charge in [0.15, 0.2) is 6.29 Å². The molecule has 1 heterocycles. The molecular formula is C10H18O3. The fourth-order valence-corrected chi connectivity index (χ4v) is 1.51. The standard InChI is InChI=1S/C10H18O3/c1-8-6-9(13-7-8)4-5-10(11-2)12-3/h9-10H,1,4-7H2,2-3H3. The molecule has 0 amide bonds. The number of hydrogen-bond donors (Lipinski definition) is 0. The summed E-state index contributed by atoms with van der Waals surface area (Å²) >= 11 is 0. The average molecular weight is 186 g/mol. The maximum Gasteiger partial charge on any atom is 0.156 e. The Morgan fingerprint density at radius 1 is 1.54 bits per heavy atom. The lowest BCUT2D eigenvalue weighted by Gasteiger charge is -2.15. The third-order valence-corrected chi connectivity index (χ3v) is 2.29. The Bertz CT molecular complexity index is 164. The second kappa shape index (κ2) is 5.37. The Labute approximate surface area is 79.7 Å². The molecular weight excluding hydrogens is 168 g/mol. The Morgan fingerprint density at radius 2 is 2.23 bits per heavy atom. The molecule has 1 saturated heterocycles. The maximum atomic E-state index is 5.49. The Morgan fingerprint density at radius 3 is 2.69 bits per heavy atom. The summed E-state index contributed by atoms with van der Waals surface area (Å²) in [6.45, 7) is 4.60. The van der Waals surface area contributed by atoms with Crippen LogP contribution in [0.15, 0.2) is 12.2 Å². The highest BCUT2D eigenvalue weighted by atomic mass is 16.7. The van der Waals surface area contributed by atoms with E-state index in [0.717, 1.165) is 25.9 Å². The molecule has 0 aromatic heterocycles. The first-order valence-electron chi connectivity index (χ1n) is 4.60. The van der Waals surface area contributed by atoms with Crippen molar-refractivity contribution in [3.8, 4) is 0 Å². The molecule has 1 aliphatic heterocycles. The van der Waals surface area contributed by atoms with Crippen LogP contribution in [0, 0.1) is 0 Å². The van der Waals surface area contributed by atoms with Gasteiger partial charge in [0.1, 0.15) is 0 Å². The van der Waals surface area contributed by atoms with Gasteiger partial charge in [0.05, 0.1) is 12.7 Å². The topological polar surface area (TPSA) is 27.7 Å². The van der Waals surface area contributed by atoms with E-state index in [9.17, 15) is 0 Å². The van der Waals surface area contributed by atoms with Gasteiger partial charge in [-0.05, 0) is 18.4 Å². The summed E-state index contributed by atoms with van der Waals surface area (Å²) in [7, 11) is 3.31. The van der Waals surface area contributed by atoms with Crippen LogP contribution in [0.5, 0.6) is 0 Å². The van der Waals surface area contributed by atoms with Gasteiger partial charge in [0.2, 0.25) is 0 Å². The molecule has 0 aromatic rings. The molecule has 1 unspecified atom stereocenters. The fourth-order valence-electron chi connectivity index (χ4n) is 1.51. The number of rotatable bonds is 5. The zero-order valence-electron chi connectivity index (χ0n) is 8.41. The highest BCUT2D eigenvalue weighted by Gasteiger charge is 2.19. The lowest BCUT2D eigenvalue weighted by atomic mass is 10.1. The van der Waals surface area contributed by atoms with Gasteiger partial charge in [0.25, 0.3) is 0 Å². The minimum Gasteiger partial charge on any atom is -0.374 e. The van der Waals surface area contributed by atoms with Crippen molar-refractivity contribution in [1.82, 2.24) is 0 Å². The first kappa shape index (κ1) is 10.7. The van der Waals surface area contributed by atoms with Crippen LogP contribution in [0.3, 0.4) is 0 Å². The zero-order valence-corrected chi connectivity index (χ0v) is 8.41. The Kier molecular flexibility index (Phi) is 4.42. The summed E-state index contributed by atoms with van der Waals surface area (Å²) < 4.78 is 15.7. The van der Waals surface area contributed by atoms with Crippen molar-refractivity contribution < 1.29 is 14.2 Å². The SMILES string of the molecule is C=C1COC(CCC(OC)OC)C1. The minimum absolute atomic E-state index is 0.0996. The molecule has 0 N–H and O–H groups in total. The lowest BCUT2D eigenvalue weighted by molar-refractivity contribution is -0.111. The van der Waals surface area contributed by atoms with E-state index < -0.39 is 0 Å². The van der Waals surface area contributed by atoms with Crippen molar-refractivity contribution in [2.75, 3.05) is 20.8 Å².